The van der Waals surface area contributed by atoms with Gasteiger partial charge >= 0.3 is 0 Å². The van der Waals surface area contributed by atoms with Gasteiger partial charge in [-0.15, -0.1) is 0 Å². The van der Waals surface area contributed by atoms with E-state index < -0.39 is 0 Å². The third-order valence-electron chi connectivity index (χ3n) is 4.15. The highest BCUT2D eigenvalue weighted by molar-refractivity contribution is 5.32. The first-order chi connectivity index (χ1) is 9.67. The Morgan fingerprint density at radius 3 is 2.40 bits per heavy atom. The van der Waals surface area contributed by atoms with E-state index >= 15 is 0 Å². The third kappa shape index (κ3) is 4.80. The van der Waals surface area contributed by atoms with E-state index in [0.717, 1.165) is 31.4 Å². The third-order valence-corrected chi connectivity index (χ3v) is 4.15. The lowest BCUT2D eigenvalue weighted by Gasteiger charge is -2.31. The van der Waals surface area contributed by atoms with Gasteiger partial charge in [0.1, 0.15) is 12.4 Å². The van der Waals surface area contributed by atoms with Crippen LogP contribution in [-0.2, 0) is 0 Å². The van der Waals surface area contributed by atoms with Gasteiger partial charge in [0.2, 0.25) is 0 Å². The molecule has 1 aliphatic heterocycles. The highest BCUT2D eigenvalue weighted by Crippen LogP contribution is 2.20. The number of nitrogens with zero attached hydrogens (tertiary/aromatic N) is 1. The Labute approximate surface area is 123 Å². The second-order valence-corrected chi connectivity index (χ2v) is 6.03. The topological polar surface area (TPSA) is 38.5 Å². The number of likely N-dealkylation sites (tertiary alicyclic amines) is 1. The standard InChI is InChI=1S/C17H28N2O/c1-14-11-15(2)13-17(12-14)20-10-9-19-7-4-16(3-6-18)5-8-19/h11-13,16H,3-10,18H2,1-2H3. The van der Waals surface area contributed by atoms with Crippen molar-refractivity contribution in [1.82, 2.24) is 4.90 Å². The number of piperidine rings is 1. The van der Waals surface area contributed by atoms with Gasteiger partial charge in [-0.25, -0.2) is 0 Å². The Morgan fingerprint density at radius 1 is 1.15 bits per heavy atom. The fraction of sp³-hybridized carbons (Fsp3) is 0.647. The summed E-state index contributed by atoms with van der Waals surface area (Å²) in [6.45, 7) is 9.26. The maximum atomic E-state index is 5.88. The fourth-order valence-electron chi connectivity index (χ4n) is 3.04. The molecule has 0 saturated carbocycles. The van der Waals surface area contributed by atoms with E-state index in [2.05, 4.69) is 36.9 Å². The van der Waals surface area contributed by atoms with Crippen LogP contribution in [0.1, 0.15) is 30.4 Å². The van der Waals surface area contributed by atoms with E-state index in [1.807, 2.05) is 0 Å². The lowest BCUT2D eigenvalue weighted by Crippen LogP contribution is -2.36. The van der Waals surface area contributed by atoms with Crippen molar-refractivity contribution in [2.75, 3.05) is 32.8 Å². The molecule has 0 amide bonds. The molecule has 112 valence electrons. The molecule has 1 saturated heterocycles. The van der Waals surface area contributed by atoms with Crippen molar-refractivity contribution in [2.24, 2.45) is 11.7 Å². The second-order valence-electron chi connectivity index (χ2n) is 6.03. The maximum Gasteiger partial charge on any atom is 0.119 e. The number of ether oxygens (including phenoxy) is 1. The van der Waals surface area contributed by atoms with Gasteiger partial charge < -0.3 is 10.5 Å². The summed E-state index contributed by atoms with van der Waals surface area (Å²) in [5.41, 5.74) is 8.16. The number of aryl methyl sites for hydroxylation is 2. The van der Waals surface area contributed by atoms with E-state index in [1.165, 1.54) is 43.5 Å². The predicted octanol–water partition coefficient (Wildman–Crippen LogP) is 2.74. The first kappa shape index (κ1) is 15.3. The van der Waals surface area contributed by atoms with Crippen LogP contribution in [0.15, 0.2) is 18.2 Å². The minimum atomic E-state index is 0.782. The number of benzene rings is 1. The molecular formula is C17H28N2O. The van der Waals surface area contributed by atoms with Gasteiger partial charge in [0.05, 0.1) is 0 Å². The molecule has 2 N–H and O–H groups in total. The summed E-state index contributed by atoms with van der Waals surface area (Å²) in [6, 6.07) is 6.40. The predicted molar refractivity (Wildman–Crippen MR) is 84.2 cm³/mol. The van der Waals surface area contributed by atoms with E-state index in [0.29, 0.717) is 0 Å². The summed E-state index contributed by atoms with van der Waals surface area (Å²) >= 11 is 0. The molecule has 1 aromatic rings. The summed E-state index contributed by atoms with van der Waals surface area (Å²) in [6.07, 6.45) is 3.77. The van der Waals surface area contributed by atoms with Gasteiger partial charge in [0.15, 0.2) is 0 Å². The lowest BCUT2D eigenvalue weighted by molar-refractivity contribution is 0.152. The molecule has 2 rings (SSSR count). The molecule has 0 unspecified atom stereocenters. The van der Waals surface area contributed by atoms with Crippen molar-refractivity contribution in [3.8, 4) is 5.75 Å². The molecule has 0 spiro atoms. The monoisotopic (exact) mass is 276 g/mol. The molecular weight excluding hydrogens is 248 g/mol. The number of hydrogen-bond acceptors (Lipinski definition) is 3. The smallest absolute Gasteiger partial charge is 0.119 e. The molecule has 1 aromatic carbocycles. The summed E-state index contributed by atoms with van der Waals surface area (Å²) in [7, 11) is 0. The van der Waals surface area contributed by atoms with Crippen molar-refractivity contribution in [1.29, 1.82) is 0 Å². The van der Waals surface area contributed by atoms with Gasteiger partial charge in [-0.1, -0.05) is 6.07 Å². The summed E-state index contributed by atoms with van der Waals surface area (Å²) in [4.78, 5) is 2.51. The fourth-order valence-corrected chi connectivity index (χ4v) is 3.04. The lowest BCUT2D eigenvalue weighted by atomic mass is 9.94. The highest BCUT2D eigenvalue weighted by Gasteiger charge is 2.18. The van der Waals surface area contributed by atoms with Crippen molar-refractivity contribution >= 4 is 0 Å². The van der Waals surface area contributed by atoms with E-state index in [9.17, 15) is 0 Å². The van der Waals surface area contributed by atoms with Gasteiger partial charge in [-0.05, 0) is 81.9 Å². The molecule has 0 radical (unpaired) electrons. The van der Waals surface area contributed by atoms with E-state index in [4.69, 9.17) is 10.5 Å². The minimum Gasteiger partial charge on any atom is -0.492 e. The van der Waals surface area contributed by atoms with Crippen molar-refractivity contribution in [3.05, 3.63) is 29.3 Å². The Kier molecular flexibility index (Phi) is 5.86. The number of nitrogens with two attached hydrogens (primary N) is 1. The SMILES string of the molecule is Cc1cc(C)cc(OCCN2CCC(CCN)CC2)c1. The van der Waals surface area contributed by atoms with Crippen molar-refractivity contribution in [3.63, 3.8) is 0 Å². The molecule has 20 heavy (non-hydrogen) atoms. The molecule has 1 fully saturated rings. The zero-order chi connectivity index (χ0) is 14.4. The van der Waals surface area contributed by atoms with E-state index in [-0.39, 0.29) is 0 Å². The van der Waals surface area contributed by atoms with Gasteiger partial charge in [0.25, 0.3) is 0 Å². The minimum absolute atomic E-state index is 0.782. The largest absolute Gasteiger partial charge is 0.492 e. The van der Waals surface area contributed by atoms with Crippen LogP contribution in [0.3, 0.4) is 0 Å². The molecule has 3 nitrogen and oxygen atoms in total. The van der Waals surface area contributed by atoms with Gasteiger partial charge in [-0.3, -0.25) is 4.90 Å². The van der Waals surface area contributed by atoms with Crippen LogP contribution in [0.25, 0.3) is 0 Å². The highest BCUT2D eigenvalue weighted by atomic mass is 16.5. The molecule has 1 aliphatic rings. The molecule has 0 aromatic heterocycles. The first-order valence-electron chi connectivity index (χ1n) is 7.81. The maximum absolute atomic E-state index is 5.88. The van der Waals surface area contributed by atoms with Crippen LogP contribution in [-0.4, -0.2) is 37.7 Å². The Bertz CT molecular complexity index is 391. The normalized spacial score (nSPS) is 17.4. The van der Waals surface area contributed by atoms with Gasteiger partial charge in [0, 0.05) is 6.54 Å². The Hall–Kier alpha value is -1.06. The molecule has 3 heteroatoms. The van der Waals surface area contributed by atoms with Crippen LogP contribution in [0, 0.1) is 19.8 Å². The van der Waals surface area contributed by atoms with E-state index in [1.54, 1.807) is 0 Å². The summed E-state index contributed by atoms with van der Waals surface area (Å²) in [5, 5.41) is 0. The molecule has 1 heterocycles. The zero-order valence-corrected chi connectivity index (χ0v) is 12.9. The quantitative estimate of drug-likeness (QED) is 0.868. The average molecular weight is 276 g/mol. The zero-order valence-electron chi connectivity index (χ0n) is 12.9. The number of hydrogen-bond donors (Lipinski definition) is 1. The Morgan fingerprint density at radius 2 is 1.80 bits per heavy atom. The summed E-state index contributed by atoms with van der Waals surface area (Å²) < 4.78 is 5.88. The number of rotatable bonds is 6. The van der Waals surface area contributed by atoms with Crippen LogP contribution in [0.5, 0.6) is 5.75 Å². The van der Waals surface area contributed by atoms with Crippen LogP contribution >= 0.6 is 0 Å². The first-order valence-corrected chi connectivity index (χ1v) is 7.81. The van der Waals surface area contributed by atoms with Crippen LogP contribution in [0.2, 0.25) is 0 Å². The Balaban J connectivity index is 1.69. The molecule has 0 aliphatic carbocycles. The second kappa shape index (κ2) is 7.65. The van der Waals surface area contributed by atoms with Crippen molar-refractivity contribution in [2.45, 2.75) is 33.1 Å². The molecule has 0 bridgehead atoms. The summed E-state index contributed by atoms with van der Waals surface area (Å²) in [5.74, 6) is 1.84. The average Bonchev–Trinajstić information content (AvgIpc) is 2.40. The van der Waals surface area contributed by atoms with Crippen LogP contribution in [0.4, 0.5) is 0 Å². The van der Waals surface area contributed by atoms with Crippen LogP contribution < -0.4 is 10.5 Å². The van der Waals surface area contributed by atoms with Gasteiger partial charge in [-0.2, -0.15) is 0 Å². The van der Waals surface area contributed by atoms with Crippen molar-refractivity contribution < 1.29 is 4.74 Å². The molecule has 0 atom stereocenters.